The van der Waals surface area contributed by atoms with E-state index in [2.05, 4.69) is 17.1 Å². The zero-order valence-corrected chi connectivity index (χ0v) is 20.9. The van der Waals surface area contributed by atoms with Crippen molar-refractivity contribution in [1.82, 2.24) is 9.80 Å². The van der Waals surface area contributed by atoms with E-state index in [9.17, 15) is 14.0 Å². The summed E-state index contributed by atoms with van der Waals surface area (Å²) in [5, 5.41) is 2.92. The summed E-state index contributed by atoms with van der Waals surface area (Å²) < 4.78 is 20.3. The van der Waals surface area contributed by atoms with Gasteiger partial charge in [-0.1, -0.05) is 43.2 Å². The number of methoxy groups -OCH3 is 1. The maximum atomic E-state index is 14.9. The molecule has 1 saturated heterocycles. The summed E-state index contributed by atoms with van der Waals surface area (Å²) in [4.78, 5) is 30.1. The van der Waals surface area contributed by atoms with E-state index in [0.29, 0.717) is 43.0 Å². The van der Waals surface area contributed by atoms with Crippen LogP contribution in [0.1, 0.15) is 55.4 Å². The summed E-state index contributed by atoms with van der Waals surface area (Å²) in [5.74, 6) is -0.125. The molecule has 2 unspecified atom stereocenters. The number of benzene rings is 2. The van der Waals surface area contributed by atoms with Crippen LogP contribution in [0.3, 0.4) is 0 Å². The average molecular weight is 482 g/mol. The molecule has 1 aliphatic heterocycles. The third-order valence-electron chi connectivity index (χ3n) is 7.46. The fourth-order valence-corrected chi connectivity index (χ4v) is 5.41. The number of ether oxygens (including phenoxy) is 1. The maximum Gasteiger partial charge on any atom is 0.258 e. The molecule has 2 atom stereocenters. The first-order chi connectivity index (χ1) is 16.9. The third kappa shape index (κ3) is 5.73. The number of hydrogen-bond donors (Lipinski definition) is 1. The first-order valence-corrected chi connectivity index (χ1v) is 12.6. The molecule has 0 radical (unpaired) electrons. The lowest BCUT2D eigenvalue weighted by Gasteiger charge is -2.41. The molecular weight excluding hydrogens is 445 g/mol. The van der Waals surface area contributed by atoms with E-state index in [1.165, 1.54) is 13.2 Å². The van der Waals surface area contributed by atoms with Crippen molar-refractivity contribution in [1.29, 1.82) is 0 Å². The van der Waals surface area contributed by atoms with Gasteiger partial charge in [0.2, 0.25) is 5.91 Å². The highest BCUT2D eigenvalue weighted by Crippen LogP contribution is 2.29. The fraction of sp³-hybridized carbons (Fsp3) is 0.500. The van der Waals surface area contributed by atoms with E-state index in [1.807, 2.05) is 42.2 Å². The van der Waals surface area contributed by atoms with Gasteiger partial charge in [-0.25, -0.2) is 4.39 Å². The van der Waals surface area contributed by atoms with Gasteiger partial charge in [-0.05, 0) is 49.9 Å². The molecule has 2 aliphatic rings. The van der Waals surface area contributed by atoms with Crippen molar-refractivity contribution in [2.45, 2.75) is 58.2 Å². The minimum absolute atomic E-state index is 0.0939. The quantitative estimate of drug-likeness (QED) is 0.624. The Morgan fingerprint density at radius 3 is 2.49 bits per heavy atom. The first kappa shape index (κ1) is 25.3. The van der Waals surface area contributed by atoms with Crippen LogP contribution in [0.5, 0.6) is 0 Å². The highest BCUT2D eigenvalue weighted by molar-refractivity contribution is 5.95. The van der Waals surface area contributed by atoms with Gasteiger partial charge in [0.25, 0.3) is 5.91 Å². The zero-order valence-electron chi connectivity index (χ0n) is 20.9. The number of hydrogen-bond acceptors (Lipinski definition) is 4. The second kappa shape index (κ2) is 11.3. The fourth-order valence-electron chi connectivity index (χ4n) is 5.41. The Balaban J connectivity index is 1.43. The van der Waals surface area contributed by atoms with E-state index >= 15 is 0 Å². The lowest BCUT2D eigenvalue weighted by Crippen LogP contribution is -2.54. The number of halogens is 1. The molecule has 6 nitrogen and oxygen atoms in total. The number of nitrogens with one attached hydrogen (secondary N) is 1. The van der Waals surface area contributed by atoms with Crippen molar-refractivity contribution in [3.8, 4) is 0 Å². The van der Waals surface area contributed by atoms with Gasteiger partial charge in [0, 0.05) is 56.5 Å². The Hall–Kier alpha value is -2.77. The van der Waals surface area contributed by atoms with Gasteiger partial charge in [-0.3, -0.25) is 14.5 Å². The minimum atomic E-state index is -0.754. The molecule has 35 heavy (non-hydrogen) atoms. The summed E-state index contributed by atoms with van der Waals surface area (Å²) in [7, 11) is 1.50. The van der Waals surface area contributed by atoms with Crippen LogP contribution in [-0.2, 0) is 20.9 Å². The average Bonchev–Trinajstić information content (AvgIpc) is 3.40. The Kier molecular flexibility index (Phi) is 8.19. The van der Waals surface area contributed by atoms with Crippen LogP contribution in [0, 0.1) is 18.7 Å². The second-order valence-corrected chi connectivity index (χ2v) is 9.81. The molecule has 2 amide bonds. The lowest BCUT2D eigenvalue weighted by atomic mass is 10.0. The van der Waals surface area contributed by atoms with E-state index in [4.69, 9.17) is 4.74 Å². The molecule has 188 valence electrons. The van der Waals surface area contributed by atoms with Crippen molar-refractivity contribution in [2.75, 3.05) is 32.1 Å². The summed E-state index contributed by atoms with van der Waals surface area (Å²) in [6.07, 6.45) is 3.54. The number of nitrogens with zero attached hydrogens (tertiary/aromatic N) is 2. The number of piperazine rings is 1. The first-order valence-electron chi connectivity index (χ1n) is 12.6. The predicted octanol–water partition coefficient (Wildman–Crippen LogP) is 4.68. The topological polar surface area (TPSA) is 61.9 Å². The molecule has 4 rings (SSSR count). The Morgan fingerprint density at radius 1 is 1.11 bits per heavy atom. The molecule has 2 fully saturated rings. The van der Waals surface area contributed by atoms with Gasteiger partial charge in [0.05, 0.1) is 0 Å². The molecule has 0 aromatic heterocycles. The normalized spacial score (nSPS) is 20.1. The Bertz CT molecular complexity index is 1040. The number of carbonyl (C=O) groups is 2. The van der Waals surface area contributed by atoms with Crippen LogP contribution in [0.25, 0.3) is 0 Å². The standard InChI is InChI=1S/C28H36FN3O3/c1-19-17-31(15-16-32(19)28(34)22-11-7-8-12-22)18-23-20(2)25(14-13-24(23)29)30-27(33)26(35-3)21-9-5-4-6-10-21/h4-6,9-10,13-14,19,22,26H,7-8,11-12,15-18H2,1-3H3,(H,30,33). The van der Waals surface area contributed by atoms with Crippen LogP contribution < -0.4 is 5.32 Å². The summed E-state index contributed by atoms with van der Waals surface area (Å²) >= 11 is 0. The molecule has 1 saturated carbocycles. The lowest BCUT2D eigenvalue weighted by molar-refractivity contribution is -0.140. The molecule has 0 bridgehead atoms. The van der Waals surface area contributed by atoms with Crippen molar-refractivity contribution < 1.29 is 18.7 Å². The molecule has 1 heterocycles. The molecule has 2 aromatic rings. The maximum absolute atomic E-state index is 14.9. The van der Waals surface area contributed by atoms with Gasteiger partial charge >= 0.3 is 0 Å². The monoisotopic (exact) mass is 481 g/mol. The Morgan fingerprint density at radius 2 is 1.83 bits per heavy atom. The third-order valence-corrected chi connectivity index (χ3v) is 7.46. The van der Waals surface area contributed by atoms with Crippen molar-refractivity contribution in [3.05, 3.63) is 65.0 Å². The van der Waals surface area contributed by atoms with E-state index in [1.54, 1.807) is 6.07 Å². The van der Waals surface area contributed by atoms with Gasteiger partial charge < -0.3 is 15.0 Å². The Labute approximate surface area is 207 Å². The SMILES string of the molecule is COC(C(=O)Nc1ccc(F)c(CN2CCN(C(=O)C3CCCC3)C(C)C2)c1C)c1ccccc1. The summed E-state index contributed by atoms with van der Waals surface area (Å²) in [5.41, 5.74) is 2.61. The number of amides is 2. The number of carbonyl (C=O) groups excluding carboxylic acids is 2. The van der Waals surface area contributed by atoms with Crippen molar-refractivity contribution in [2.24, 2.45) is 5.92 Å². The molecule has 7 heteroatoms. The summed E-state index contributed by atoms with van der Waals surface area (Å²) in [6.45, 7) is 6.42. The molecule has 0 spiro atoms. The van der Waals surface area contributed by atoms with Crippen LogP contribution in [-0.4, -0.2) is 54.4 Å². The zero-order chi connectivity index (χ0) is 24.9. The minimum Gasteiger partial charge on any atom is -0.367 e. The molecule has 2 aromatic carbocycles. The highest BCUT2D eigenvalue weighted by Gasteiger charge is 2.33. The van der Waals surface area contributed by atoms with Crippen LogP contribution >= 0.6 is 0 Å². The number of anilines is 1. The summed E-state index contributed by atoms with van der Waals surface area (Å²) in [6, 6.07) is 12.4. The highest BCUT2D eigenvalue weighted by atomic mass is 19.1. The van der Waals surface area contributed by atoms with E-state index < -0.39 is 6.10 Å². The van der Waals surface area contributed by atoms with Crippen LogP contribution in [0.4, 0.5) is 10.1 Å². The second-order valence-electron chi connectivity index (χ2n) is 9.81. The molecule has 1 aliphatic carbocycles. The van der Waals surface area contributed by atoms with E-state index in [-0.39, 0.29) is 29.6 Å². The largest absolute Gasteiger partial charge is 0.367 e. The van der Waals surface area contributed by atoms with E-state index in [0.717, 1.165) is 31.2 Å². The van der Waals surface area contributed by atoms with Crippen LogP contribution in [0.2, 0.25) is 0 Å². The number of rotatable bonds is 7. The predicted molar refractivity (Wildman–Crippen MR) is 134 cm³/mol. The van der Waals surface area contributed by atoms with Gasteiger partial charge in [0.1, 0.15) is 5.82 Å². The van der Waals surface area contributed by atoms with Gasteiger partial charge in [0.15, 0.2) is 6.10 Å². The van der Waals surface area contributed by atoms with Crippen molar-refractivity contribution in [3.63, 3.8) is 0 Å². The van der Waals surface area contributed by atoms with Gasteiger partial charge in [-0.2, -0.15) is 0 Å². The molecular formula is C28H36FN3O3. The van der Waals surface area contributed by atoms with Gasteiger partial charge in [-0.15, -0.1) is 0 Å². The van der Waals surface area contributed by atoms with Crippen LogP contribution in [0.15, 0.2) is 42.5 Å². The smallest absolute Gasteiger partial charge is 0.258 e. The van der Waals surface area contributed by atoms with Crippen molar-refractivity contribution >= 4 is 17.5 Å². The molecule has 1 N–H and O–H groups in total.